The summed E-state index contributed by atoms with van der Waals surface area (Å²) in [5.41, 5.74) is 0. The highest BCUT2D eigenvalue weighted by Crippen LogP contribution is 2.11. The first kappa shape index (κ1) is 7.63. The minimum absolute atomic E-state index is 0.268. The third kappa shape index (κ3) is 2.41. The van der Waals surface area contributed by atoms with E-state index in [-0.39, 0.29) is 6.10 Å². The lowest BCUT2D eigenvalue weighted by Gasteiger charge is -1.99. The summed E-state index contributed by atoms with van der Waals surface area (Å²) in [5.74, 6) is 0.688. The van der Waals surface area contributed by atoms with E-state index in [1.807, 2.05) is 0 Å². The molecule has 0 aliphatic carbocycles. The number of aliphatic hydroxyl groups excluding tert-OH is 1. The van der Waals surface area contributed by atoms with Crippen LogP contribution in [0.3, 0.4) is 0 Å². The molecule has 0 aliphatic rings. The average molecular weight is 158 g/mol. The highest BCUT2D eigenvalue weighted by Gasteiger charge is 1.98. The Labute approximate surface area is 63.9 Å². The van der Waals surface area contributed by atoms with Crippen LogP contribution in [0.4, 0.5) is 0 Å². The quantitative estimate of drug-likeness (QED) is 0.642. The van der Waals surface area contributed by atoms with Crippen LogP contribution in [0.1, 0.15) is 6.92 Å². The van der Waals surface area contributed by atoms with E-state index in [1.165, 1.54) is 11.8 Å². The topological polar surface area (TPSA) is 48.9 Å². The predicted octanol–water partition coefficient (Wildman–Crippen LogP) is 0.883. The summed E-state index contributed by atoms with van der Waals surface area (Å²) in [4.78, 5) is 6.92. The van der Waals surface area contributed by atoms with E-state index in [9.17, 15) is 0 Å². The molecule has 0 unspecified atom stereocenters. The van der Waals surface area contributed by atoms with Gasteiger partial charge in [0.15, 0.2) is 5.16 Å². The zero-order chi connectivity index (χ0) is 7.40. The van der Waals surface area contributed by atoms with Crippen molar-refractivity contribution in [1.29, 1.82) is 0 Å². The van der Waals surface area contributed by atoms with Gasteiger partial charge in [-0.25, -0.2) is 4.98 Å². The fourth-order valence-electron chi connectivity index (χ4n) is 0.529. The molecule has 1 atom stereocenters. The second kappa shape index (κ2) is 3.63. The molecule has 10 heavy (non-hydrogen) atoms. The van der Waals surface area contributed by atoms with Crippen LogP contribution in [0.2, 0.25) is 0 Å². The number of imidazole rings is 1. The van der Waals surface area contributed by atoms with E-state index >= 15 is 0 Å². The van der Waals surface area contributed by atoms with Crippen molar-refractivity contribution in [3.05, 3.63) is 12.4 Å². The molecule has 0 amide bonds. The number of H-pyrrole nitrogens is 1. The fourth-order valence-corrected chi connectivity index (χ4v) is 1.22. The van der Waals surface area contributed by atoms with Crippen molar-refractivity contribution in [1.82, 2.24) is 9.97 Å². The van der Waals surface area contributed by atoms with E-state index in [0.717, 1.165) is 5.16 Å². The zero-order valence-electron chi connectivity index (χ0n) is 5.74. The van der Waals surface area contributed by atoms with Crippen LogP contribution in [0.15, 0.2) is 17.6 Å². The number of hydrogen-bond acceptors (Lipinski definition) is 3. The van der Waals surface area contributed by atoms with Gasteiger partial charge in [-0.3, -0.25) is 0 Å². The van der Waals surface area contributed by atoms with Crippen molar-refractivity contribution >= 4 is 11.8 Å². The summed E-state index contributed by atoms with van der Waals surface area (Å²) < 4.78 is 0. The SMILES string of the molecule is C[C@@H](O)CSc1ncc[nH]1. The maximum Gasteiger partial charge on any atom is 0.165 e. The summed E-state index contributed by atoms with van der Waals surface area (Å²) in [5, 5.41) is 9.75. The van der Waals surface area contributed by atoms with Gasteiger partial charge in [-0.1, -0.05) is 11.8 Å². The van der Waals surface area contributed by atoms with Gasteiger partial charge in [0.2, 0.25) is 0 Å². The van der Waals surface area contributed by atoms with Crippen LogP contribution >= 0.6 is 11.8 Å². The van der Waals surface area contributed by atoms with Crippen molar-refractivity contribution in [3.8, 4) is 0 Å². The standard InChI is InChI=1S/C6H10N2OS/c1-5(9)4-10-6-7-2-3-8-6/h2-3,5,9H,4H2,1H3,(H,7,8)/t5-/m1/s1. The summed E-state index contributed by atoms with van der Waals surface area (Å²) in [7, 11) is 0. The largest absolute Gasteiger partial charge is 0.393 e. The number of rotatable bonds is 3. The molecule has 0 bridgehead atoms. The highest BCUT2D eigenvalue weighted by molar-refractivity contribution is 7.99. The lowest BCUT2D eigenvalue weighted by atomic mass is 10.5. The Morgan fingerprint density at radius 2 is 2.70 bits per heavy atom. The highest BCUT2D eigenvalue weighted by atomic mass is 32.2. The minimum Gasteiger partial charge on any atom is -0.393 e. The number of thioether (sulfide) groups is 1. The number of hydrogen-bond donors (Lipinski definition) is 2. The van der Waals surface area contributed by atoms with E-state index in [4.69, 9.17) is 5.11 Å². The molecule has 0 aromatic carbocycles. The number of nitrogens with one attached hydrogen (secondary N) is 1. The fraction of sp³-hybridized carbons (Fsp3) is 0.500. The monoisotopic (exact) mass is 158 g/mol. The molecule has 0 radical (unpaired) electrons. The van der Waals surface area contributed by atoms with Gasteiger partial charge in [0.1, 0.15) is 0 Å². The maximum atomic E-state index is 8.89. The zero-order valence-corrected chi connectivity index (χ0v) is 6.56. The number of aliphatic hydroxyl groups is 1. The molecule has 0 saturated carbocycles. The Morgan fingerprint density at radius 1 is 1.90 bits per heavy atom. The minimum atomic E-state index is -0.268. The van der Waals surface area contributed by atoms with Crippen LogP contribution in [-0.2, 0) is 0 Å². The number of nitrogens with zero attached hydrogens (tertiary/aromatic N) is 1. The van der Waals surface area contributed by atoms with Gasteiger partial charge in [-0.2, -0.15) is 0 Å². The van der Waals surface area contributed by atoms with Crippen LogP contribution in [0.5, 0.6) is 0 Å². The van der Waals surface area contributed by atoms with Crippen LogP contribution < -0.4 is 0 Å². The van der Waals surface area contributed by atoms with Crippen molar-refractivity contribution in [2.45, 2.75) is 18.2 Å². The molecule has 1 heterocycles. The predicted molar refractivity (Wildman–Crippen MR) is 41.0 cm³/mol. The molecule has 0 fully saturated rings. The Bertz CT molecular complexity index is 174. The van der Waals surface area contributed by atoms with Crippen LogP contribution in [0, 0.1) is 0 Å². The van der Waals surface area contributed by atoms with E-state index in [2.05, 4.69) is 9.97 Å². The molecule has 0 spiro atoms. The van der Waals surface area contributed by atoms with Gasteiger partial charge in [-0.15, -0.1) is 0 Å². The van der Waals surface area contributed by atoms with Gasteiger partial charge in [0.25, 0.3) is 0 Å². The Morgan fingerprint density at radius 3 is 3.20 bits per heavy atom. The van der Waals surface area contributed by atoms with Crippen LogP contribution in [-0.4, -0.2) is 26.9 Å². The third-order valence-corrected chi connectivity index (χ3v) is 2.08. The van der Waals surface area contributed by atoms with Crippen LogP contribution in [0.25, 0.3) is 0 Å². The van der Waals surface area contributed by atoms with Gasteiger partial charge in [0, 0.05) is 18.1 Å². The molecule has 1 rings (SSSR count). The normalized spacial score (nSPS) is 13.4. The number of aromatic nitrogens is 2. The molecule has 1 aromatic rings. The molecular formula is C6H10N2OS. The second-order valence-corrected chi connectivity index (χ2v) is 3.06. The molecule has 0 saturated heterocycles. The average Bonchev–Trinajstić information content (AvgIpc) is 2.34. The summed E-state index contributed by atoms with van der Waals surface area (Å²) in [6, 6.07) is 0. The molecule has 3 nitrogen and oxygen atoms in total. The van der Waals surface area contributed by atoms with Crippen molar-refractivity contribution < 1.29 is 5.11 Å². The van der Waals surface area contributed by atoms with E-state index in [0.29, 0.717) is 5.75 Å². The van der Waals surface area contributed by atoms with Gasteiger partial charge in [-0.05, 0) is 6.92 Å². The van der Waals surface area contributed by atoms with E-state index in [1.54, 1.807) is 19.3 Å². The van der Waals surface area contributed by atoms with Crippen molar-refractivity contribution in [2.75, 3.05) is 5.75 Å². The first-order valence-electron chi connectivity index (χ1n) is 3.09. The Balaban J connectivity index is 2.28. The molecule has 0 aliphatic heterocycles. The lowest BCUT2D eigenvalue weighted by Crippen LogP contribution is -2.02. The second-order valence-electron chi connectivity index (χ2n) is 2.05. The summed E-state index contributed by atoms with van der Waals surface area (Å²) >= 11 is 1.52. The van der Waals surface area contributed by atoms with Gasteiger partial charge >= 0.3 is 0 Å². The maximum absolute atomic E-state index is 8.89. The molecule has 1 aromatic heterocycles. The Kier molecular flexibility index (Phi) is 2.77. The number of aromatic amines is 1. The van der Waals surface area contributed by atoms with Crippen molar-refractivity contribution in [2.24, 2.45) is 0 Å². The smallest absolute Gasteiger partial charge is 0.165 e. The molecule has 4 heteroatoms. The summed E-state index contributed by atoms with van der Waals surface area (Å²) in [6.45, 7) is 1.76. The van der Waals surface area contributed by atoms with Gasteiger partial charge in [0.05, 0.1) is 6.10 Å². The lowest BCUT2D eigenvalue weighted by molar-refractivity contribution is 0.220. The Hall–Kier alpha value is -0.480. The van der Waals surface area contributed by atoms with Gasteiger partial charge < -0.3 is 10.1 Å². The molecule has 2 N–H and O–H groups in total. The molecular weight excluding hydrogens is 148 g/mol. The van der Waals surface area contributed by atoms with Crippen molar-refractivity contribution in [3.63, 3.8) is 0 Å². The third-order valence-electron chi connectivity index (χ3n) is 0.934. The van der Waals surface area contributed by atoms with E-state index < -0.39 is 0 Å². The first-order valence-corrected chi connectivity index (χ1v) is 4.08. The summed E-state index contributed by atoms with van der Waals surface area (Å²) in [6.07, 6.45) is 3.20. The first-order chi connectivity index (χ1) is 4.79. The molecule has 56 valence electrons.